The second-order valence-corrected chi connectivity index (χ2v) is 4.79. The molecule has 0 spiro atoms. The van der Waals surface area contributed by atoms with Crippen LogP contribution in [0, 0.1) is 5.82 Å². The minimum atomic E-state index is -1.64. The maximum absolute atomic E-state index is 13.2. The number of alkyl halides is 1. The minimum absolute atomic E-state index is 0.328. The summed E-state index contributed by atoms with van der Waals surface area (Å²) in [5, 5.41) is 18.8. The summed E-state index contributed by atoms with van der Waals surface area (Å²) in [7, 11) is 0. The number of aliphatic hydroxyl groups excluding tert-OH is 2. The van der Waals surface area contributed by atoms with Crippen molar-refractivity contribution < 1.29 is 19.3 Å². The molecule has 0 amide bonds. The van der Waals surface area contributed by atoms with E-state index in [1.54, 1.807) is 4.98 Å². The lowest BCUT2D eigenvalue weighted by Gasteiger charge is -2.28. The van der Waals surface area contributed by atoms with Crippen LogP contribution in [-0.2, 0) is 4.74 Å². The van der Waals surface area contributed by atoms with Gasteiger partial charge in [0.2, 0.25) is 11.7 Å². The predicted octanol–water partition coefficient (Wildman–Crippen LogP) is -0.598. The maximum atomic E-state index is 13.2. The number of aromatic amines is 1. The van der Waals surface area contributed by atoms with Gasteiger partial charge in [-0.25, -0.2) is 9.36 Å². The number of hydrogen-bond acceptors (Lipinski definition) is 5. The van der Waals surface area contributed by atoms with Crippen LogP contribution in [-0.4, -0.2) is 44.0 Å². The Morgan fingerprint density at radius 2 is 2.20 bits per heavy atom. The van der Waals surface area contributed by atoms with E-state index in [-0.39, 0.29) is 10.9 Å². The van der Waals surface area contributed by atoms with Gasteiger partial charge in [-0.1, -0.05) is 11.6 Å². The van der Waals surface area contributed by atoms with Gasteiger partial charge in [-0.2, -0.15) is 4.39 Å². The normalized spacial score (nSPS) is 25.9. The Bertz CT molecular complexity index is 679. The van der Waals surface area contributed by atoms with E-state index in [1.807, 2.05) is 0 Å². The third-order valence-corrected chi connectivity index (χ3v) is 3.67. The highest BCUT2D eigenvalue weighted by molar-refractivity contribution is 6.33. The van der Waals surface area contributed by atoms with Crippen molar-refractivity contribution in [3.8, 4) is 0 Å². The van der Waals surface area contributed by atoms with Gasteiger partial charge in [0.15, 0.2) is 5.60 Å². The standard InChI is InChI=1S/C10H9Cl2FN2O5/c11-2-10(3-16)6(17)5(12)8(20-10)15-1-4(13)7(18)14-9(15)19/h1,6,16-17H,2-3H2,(H,14,18,19)/t6-,10+/m0/s1. The summed E-state index contributed by atoms with van der Waals surface area (Å²) >= 11 is 11.5. The van der Waals surface area contributed by atoms with E-state index in [0.29, 0.717) is 10.8 Å². The SMILES string of the molecule is O=c1[nH]c(=O)n(C2=C(Cl)[C@H](O)[C@](CO)(CCl)O2)cc1F. The van der Waals surface area contributed by atoms with E-state index in [2.05, 4.69) is 0 Å². The highest BCUT2D eigenvalue weighted by Crippen LogP contribution is 2.38. The lowest BCUT2D eigenvalue weighted by molar-refractivity contribution is -0.0537. The molecule has 0 aromatic carbocycles. The van der Waals surface area contributed by atoms with Crippen LogP contribution >= 0.6 is 23.2 Å². The summed E-state index contributed by atoms with van der Waals surface area (Å²) in [4.78, 5) is 24.3. The molecule has 1 aromatic heterocycles. The molecule has 20 heavy (non-hydrogen) atoms. The van der Waals surface area contributed by atoms with Gasteiger partial charge in [0.05, 0.1) is 18.7 Å². The van der Waals surface area contributed by atoms with Crippen molar-refractivity contribution >= 4 is 29.1 Å². The van der Waals surface area contributed by atoms with Gasteiger partial charge in [0, 0.05) is 0 Å². The van der Waals surface area contributed by atoms with E-state index in [9.17, 15) is 24.2 Å². The largest absolute Gasteiger partial charge is 0.464 e. The third-order valence-electron chi connectivity index (χ3n) is 2.85. The molecule has 0 bridgehead atoms. The van der Waals surface area contributed by atoms with Crippen LogP contribution in [0.5, 0.6) is 0 Å². The van der Waals surface area contributed by atoms with E-state index in [4.69, 9.17) is 27.9 Å². The fourth-order valence-electron chi connectivity index (χ4n) is 1.67. The molecular formula is C10H9Cl2FN2O5. The summed E-state index contributed by atoms with van der Waals surface area (Å²) in [6, 6.07) is 0. The molecule has 2 rings (SSSR count). The molecule has 3 N–H and O–H groups in total. The summed E-state index contributed by atoms with van der Waals surface area (Å²) in [6.07, 6.45) is -0.934. The topological polar surface area (TPSA) is 105 Å². The van der Waals surface area contributed by atoms with E-state index < -0.39 is 41.3 Å². The number of rotatable bonds is 3. The van der Waals surface area contributed by atoms with Crippen LogP contribution < -0.4 is 11.2 Å². The van der Waals surface area contributed by atoms with Gasteiger partial charge >= 0.3 is 5.69 Å². The lowest BCUT2D eigenvalue weighted by Crippen LogP contribution is -2.46. The first-order valence-electron chi connectivity index (χ1n) is 5.31. The zero-order valence-electron chi connectivity index (χ0n) is 9.77. The molecule has 0 unspecified atom stereocenters. The van der Waals surface area contributed by atoms with Gasteiger partial charge < -0.3 is 14.9 Å². The van der Waals surface area contributed by atoms with Crippen molar-refractivity contribution in [2.75, 3.05) is 12.5 Å². The molecule has 0 radical (unpaired) electrons. The number of H-pyrrole nitrogens is 1. The highest BCUT2D eigenvalue weighted by atomic mass is 35.5. The molecule has 2 heterocycles. The molecule has 7 nitrogen and oxygen atoms in total. The number of halogens is 3. The zero-order chi connectivity index (χ0) is 15.1. The van der Waals surface area contributed by atoms with Crippen molar-refractivity contribution in [2.24, 2.45) is 0 Å². The molecule has 0 aliphatic carbocycles. The Morgan fingerprint density at radius 1 is 1.55 bits per heavy atom. The van der Waals surface area contributed by atoms with Gasteiger partial charge in [-0.3, -0.25) is 9.78 Å². The van der Waals surface area contributed by atoms with Crippen molar-refractivity contribution in [1.29, 1.82) is 0 Å². The van der Waals surface area contributed by atoms with Crippen LogP contribution in [0.25, 0.3) is 5.88 Å². The number of ether oxygens (including phenoxy) is 1. The predicted molar refractivity (Wildman–Crippen MR) is 68.0 cm³/mol. The lowest BCUT2D eigenvalue weighted by atomic mass is 10.0. The van der Waals surface area contributed by atoms with Crippen molar-refractivity contribution in [1.82, 2.24) is 9.55 Å². The molecule has 0 saturated carbocycles. The number of nitrogens with zero attached hydrogens (tertiary/aromatic N) is 1. The van der Waals surface area contributed by atoms with Gasteiger partial charge in [0.1, 0.15) is 11.1 Å². The second kappa shape index (κ2) is 5.21. The van der Waals surface area contributed by atoms with E-state index in [0.717, 1.165) is 0 Å². The molecule has 0 saturated heterocycles. The fourth-order valence-corrected chi connectivity index (χ4v) is 2.28. The van der Waals surface area contributed by atoms with E-state index >= 15 is 0 Å². The summed E-state index contributed by atoms with van der Waals surface area (Å²) in [5.74, 6) is -1.98. The maximum Gasteiger partial charge on any atom is 0.335 e. The molecule has 1 aliphatic rings. The van der Waals surface area contributed by atoms with Crippen molar-refractivity contribution in [2.45, 2.75) is 11.7 Å². The average Bonchev–Trinajstić information content (AvgIpc) is 2.68. The smallest absolute Gasteiger partial charge is 0.335 e. The molecule has 1 aliphatic heterocycles. The van der Waals surface area contributed by atoms with Crippen LogP contribution in [0.1, 0.15) is 0 Å². The van der Waals surface area contributed by atoms with Crippen molar-refractivity contribution in [3.63, 3.8) is 0 Å². The Balaban J connectivity index is 2.57. The Kier molecular flexibility index (Phi) is 3.92. The Labute approximate surface area is 120 Å². The van der Waals surface area contributed by atoms with Crippen LogP contribution in [0.2, 0.25) is 0 Å². The Hall–Kier alpha value is -1.35. The molecule has 2 atom stereocenters. The fraction of sp³-hybridized carbons (Fsp3) is 0.400. The van der Waals surface area contributed by atoms with Crippen LogP contribution in [0.15, 0.2) is 20.8 Å². The summed E-state index contributed by atoms with van der Waals surface area (Å²) in [6.45, 7) is -0.683. The first-order valence-corrected chi connectivity index (χ1v) is 6.23. The quantitative estimate of drug-likeness (QED) is 0.643. The molecule has 0 fully saturated rings. The van der Waals surface area contributed by atoms with Gasteiger partial charge in [0.25, 0.3) is 5.56 Å². The van der Waals surface area contributed by atoms with Crippen LogP contribution in [0.4, 0.5) is 4.39 Å². The first-order chi connectivity index (χ1) is 9.36. The van der Waals surface area contributed by atoms with Crippen LogP contribution in [0.3, 0.4) is 0 Å². The molecule has 10 heteroatoms. The molecule has 1 aromatic rings. The van der Waals surface area contributed by atoms with Gasteiger partial charge in [-0.05, 0) is 0 Å². The second-order valence-electron chi connectivity index (χ2n) is 4.12. The zero-order valence-corrected chi connectivity index (χ0v) is 11.3. The monoisotopic (exact) mass is 326 g/mol. The first kappa shape index (κ1) is 15.0. The number of nitrogens with one attached hydrogen (secondary N) is 1. The van der Waals surface area contributed by atoms with E-state index in [1.165, 1.54) is 0 Å². The average molecular weight is 327 g/mol. The Morgan fingerprint density at radius 3 is 2.70 bits per heavy atom. The van der Waals surface area contributed by atoms with Crippen molar-refractivity contribution in [3.05, 3.63) is 37.9 Å². The number of aromatic nitrogens is 2. The van der Waals surface area contributed by atoms with Gasteiger partial charge in [-0.15, -0.1) is 11.6 Å². The summed E-state index contributed by atoms with van der Waals surface area (Å²) < 4.78 is 19.0. The summed E-state index contributed by atoms with van der Waals surface area (Å²) in [5.41, 5.74) is -3.85. The third kappa shape index (κ3) is 2.14. The highest BCUT2D eigenvalue weighted by Gasteiger charge is 2.49. The molecular weight excluding hydrogens is 318 g/mol. The number of aliphatic hydroxyl groups is 2. The molecule has 110 valence electrons. The minimum Gasteiger partial charge on any atom is -0.464 e. The number of hydrogen-bond donors (Lipinski definition) is 3.